The lowest BCUT2D eigenvalue weighted by Gasteiger charge is -2.32. The van der Waals surface area contributed by atoms with Gasteiger partial charge < -0.3 is 20.4 Å². The fourth-order valence-electron chi connectivity index (χ4n) is 3.95. The topological polar surface area (TPSA) is 124 Å². The van der Waals surface area contributed by atoms with Gasteiger partial charge in [0.05, 0.1) is 11.3 Å². The molecule has 3 N–H and O–H groups in total. The zero-order valence-electron chi connectivity index (χ0n) is 21.0. The molecule has 0 radical (unpaired) electrons. The number of hydrogen-bond donors (Lipinski definition) is 3. The first-order valence-electron chi connectivity index (χ1n) is 12.4. The molecular formula is C25H32N10O. The van der Waals surface area contributed by atoms with Gasteiger partial charge >= 0.3 is 0 Å². The maximum absolute atomic E-state index is 12.7. The Morgan fingerprint density at radius 2 is 1.81 bits per heavy atom. The number of aryl methyl sites for hydroxylation is 2. The third-order valence-electron chi connectivity index (χ3n) is 6.25. The highest BCUT2D eigenvalue weighted by atomic mass is 16.1. The van der Waals surface area contributed by atoms with Crippen LogP contribution in [0, 0.1) is 6.92 Å². The zero-order valence-corrected chi connectivity index (χ0v) is 21.0. The van der Waals surface area contributed by atoms with E-state index < -0.39 is 0 Å². The lowest BCUT2D eigenvalue weighted by atomic mass is 10.1. The highest BCUT2D eigenvalue weighted by Crippen LogP contribution is 2.25. The van der Waals surface area contributed by atoms with E-state index in [2.05, 4.69) is 57.7 Å². The summed E-state index contributed by atoms with van der Waals surface area (Å²) in [6.07, 6.45) is 4.42. The van der Waals surface area contributed by atoms with Gasteiger partial charge in [-0.15, -0.1) is 0 Å². The number of piperazine rings is 1. The van der Waals surface area contributed by atoms with E-state index in [1.54, 1.807) is 12.3 Å². The number of hydrogen-bond acceptors (Lipinski definition) is 10. The number of carbonyl (C=O) groups is 1. The number of nitrogens with one attached hydrogen (secondary N) is 3. The highest BCUT2D eigenvalue weighted by Gasteiger charge is 2.25. The van der Waals surface area contributed by atoms with Gasteiger partial charge in [0.2, 0.25) is 17.8 Å². The first-order valence-corrected chi connectivity index (χ1v) is 12.4. The van der Waals surface area contributed by atoms with Gasteiger partial charge in [-0.3, -0.25) is 10.1 Å². The molecule has 1 amide bonds. The molecule has 1 aliphatic heterocycles. The van der Waals surface area contributed by atoms with Crippen LogP contribution in [-0.4, -0.2) is 75.0 Å². The van der Waals surface area contributed by atoms with Crippen molar-refractivity contribution in [2.24, 2.45) is 0 Å². The maximum Gasteiger partial charge on any atom is 0.253 e. The van der Waals surface area contributed by atoms with Crippen LogP contribution in [0.15, 0.2) is 30.5 Å². The predicted molar refractivity (Wildman–Crippen MR) is 139 cm³/mol. The lowest BCUT2D eigenvalue weighted by Crippen LogP contribution is -2.45. The molecule has 1 aromatic carbocycles. The molecule has 36 heavy (non-hydrogen) atoms. The van der Waals surface area contributed by atoms with Crippen LogP contribution in [0.4, 0.5) is 29.4 Å². The molecule has 1 saturated carbocycles. The molecule has 0 spiro atoms. The summed E-state index contributed by atoms with van der Waals surface area (Å²) in [7, 11) is 2.12. The number of amides is 1. The van der Waals surface area contributed by atoms with E-state index in [9.17, 15) is 4.79 Å². The van der Waals surface area contributed by atoms with Gasteiger partial charge in [-0.2, -0.15) is 19.9 Å². The number of anilines is 5. The summed E-state index contributed by atoms with van der Waals surface area (Å²) in [5.74, 6) is 2.62. The molecule has 0 unspecified atom stereocenters. The number of rotatable bonds is 8. The predicted octanol–water partition coefficient (Wildman–Crippen LogP) is 2.66. The summed E-state index contributed by atoms with van der Waals surface area (Å²) in [4.78, 5) is 39.9. The van der Waals surface area contributed by atoms with Crippen LogP contribution in [-0.2, 0) is 6.42 Å². The van der Waals surface area contributed by atoms with Gasteiger partial charge in [-0.1, -0.05) is 13.0 Å². The van der Waals surface area contributed by atoms with Crippen molar-refractivity contribution in [1.82, 2.24) is 35.1 Å². The number of benzene rings is 1. The summed E-state index contributed by atoms with van der Waals surface area (Å²) in [5.41, 5.74) is 2.33. The smallest absolute Gasteiger partial charge is 0.253 e. The largest absolute Gasteiger partial charge is 0.349 e. The first-order chi connectivity index (χ1) is 17.5. The highest BCUT2D eigenvalue weighted by molar-refractivity contribution is 6.00. The minimum Gasteiger partial charge on any atom is -0.349 e. The molecule has 1 aliphatic carbocycles. The van der Waals surface area contributed by atoms with Crippen LogP contribution in [0.5, 0.6) is 0 Å². The van der Waals surface area contributed by atoms with Crippen molar-refractivity contribution in [3.05, 3.63) is 47.4 Å². The van der Waals surface area contributed by atoms with Crippen molar-refractivity contribution in [3.8, 4) is 0 Å². The molecule has 2 aromatic heterocycles. The molecule has 0 atom stereocenters. The van der Waals surface area contributed by atoms with Gasteiger partial charge in [-0.25, -0.2) is 4.98 Å². The molecule has 2 fully saturated rings. The zero-order chi connectivity index (χ0) is 25.1. The van der Waals surface area contributed by atoms with Gasteiger partial charge in [-0.05, 0) is 50.6 Å². The molecule has 11 heteroatoms. The summed E-state index contributed by atoms with van der Waals surface area (Å²) in [6, 6.07) is 7.76. The average Bonchev–Trinajstić information content (AvgIpc) is 3.68. The van der Waals surface area contributed by atoms with Crippen molar-refractivity contribution in [2.75, 3.05) is 48.8 Å². The Balaban J connectivity index is 1.35. The van der Waals surface area contributed by atoms with Crippen LogP contribution < -0.4 is 20.9 Å². The van der Waals surface area contributed by atoms with Crippen LogP contribution >= 0.6 is 0 Å². The molecule has 3 aromatic rings. The summed E-state index contributed by atoms with van der Waals surface area (Å²) >= 11 is 0. The first kappa shape index (κ1) is 23.9. The van der Waals surface area contributed by atoms with Crippen LogP contribution in [0.25, 0.3) is 0 Å². The van der Waals surface area contributed by atoms with E-state index in [-0.39, 0.29) is 11.9 Å². The SMILES string of the molecule is CCc1nc(Nc2nccc(Nc3cc(C)ccc3C(=O)NC3CC3)n2)nc(N2CCN(C)CC2)n1. The number of carbonyl (C=O) groups excluding carboxylic acids is 1. The Morgan fingerprint density at radius 3 is 2.56 bits per heavy atom. The summed E-state index contributed by atoms with van der Waals surface area (Å²) < 4.78 is 0. The quantitative estimate of drug-likeness (QED) is 0.436. The van der Waals surface area contributed by atoms with E-state index in [0.717, 1.165) is 44.6 Å². The molecule has 11 nitrogen and oxygen atoms in total. The maximum atomic E-state index is 12.7. The van der Waals surface area contributed by atoms with E-state index in [4.69, 9.17) is 0 Å². The van der Waals surface area contributed by atoms with Crippen molar-refractivity contribution < 1.29 is 4.79 Å². The van der Waals surface area contributed by atoms with Crippen molar-refractivity contribution in [3.63, 3.8) is 0 Å². The average molecular weight is 489 g/mol. The van der Waals surface area contributed by atoms with Gasteiger partial charge in [0.25, 0.3) is 5.91 Å². The van der Waals surface area contributed by atoms with E-state index >= 15 is 0 Å². The molecule has 3 heterocycles. The third kappa shape index (κ3) is 5.85. The fourth-order valence-corrected chi connectivity index (χ4v) is 3.95. The van der Waals surface area contributed by atoms with Crippen LogP contribution in [0.3, 0.4) is 0 Å². The minimum atomic E-state index is -0.0823. The second-order valence-corrected chi connectivity index (χ2v) is 9.33. The second kappa shape index (κ2) is 10.4. The fraction of sp³-hybridized carbons (Fsp3) is 0.440. The lowest BCUT2D eigenvalue weighted by molar-refractivity contribution is 0.0952. The number of aromatic nitrogens is 5. The molecule has 188 valence electrons. The Hall–Kier alpha value is -3.86. The van der Waals surface area contributed by atoms with Gasteiger partial charge in [0, 0.05) is 44.8 Å². The minimum absolute atomic E-state index is 0.0823. The van der Waals surface area contributed by atoms with Crippen molar-refractivity contribution in [1.29, 1.82) is 0 Å². The molecule has 1 saturated heterocycles. The van der Waals surface area contributed by atoms with Crippen LogP contribution in [0.1, 0.15) is 41.5 Å². The standard InChI is InChI=1S/C25H32N10O/c1-4-20-29-24(33-25(31-20)35-13-11-34(3)12-14-35)32-23-26-10-9-21(30-23)28-19-15-16(2)5-8-18(19)22(36)27-17-6-7-17/h5,8-10,15,17H,4,6-7,11-14H2,1-3H3,(H,27,36)(H2,26,28,29,30,31,32,33). The molecule has 5 rings (SSSR count). The molecule has 0 bridgehead atoms. The van der Waals surface area contributed by atoms with Crippen molar-refractivity contribution in [2.45, 2.75) is 39.2 Å². The molecule has 2 aliphatic rings. The Kier molecular flexibility index (Phi) is 6.90. The van der Waals surface area contributed by atoms with E-state index in [0.29, 0.717) is 47.2 Å². The van der Waals surface area contributed by atoms with Crippen molar-refractivity contribution >= 4 is 35.3 Å². The summed E-state index contributed by atoms with van der Waals surface area (Å²) in [6.45, 7) is 7.68. The van der Waals surface area contributed by atoms with Crippen LogP contribution in [0.2, 0.25) is 0 Å². The Labute approximate surface area is 210 Å². The number of likely N-dealkylation sites (N-methyl/N-ethyl adjacent to an activating group) is 1. The van der Waals surface area contributed by atoms with Gasteiger partial charge in [0.15, 0.2) is 0 Å². The Bertz CT molecular complexity index is 1240. The Morgan fingerprint density at radius 1 is 1.00 bits per heavy atom. The third-order valence-corrected chi connectivity index (χ3v) is 6.25. The summed E-state index contributed by atoms with van der Waals surface area (Å²) in [5, 5.41) is 9.47. The van der Waals surface area contributed by atoms with E-state index in [1.165, 1.54) is 0 Å². The second-order valence-electron chi connectivity index (χ2n) is 9.33. The van der Waals surface area contributed by atoms with Gasteiger partial charge in [0.1, 0.15) is 11.6 Å². The normalized spacial score (nSPS) is 16.0. The number of nitrogens with zero attached hydrogens (tertiary/aromatic N) is 7. The molecular weight excluding hydrogens is 456 g/mol. The van der Waals surface area contributed by atoms with E-state index in [1.807, 2.05) is 32.0 Å². The monoisotopic (exact) mass is 488 g/mol.